The lowest BCUT2D eigenvalue weighted by Crippen LogP contribution is -2.17. The van der Waals surface area contributed by atoms with Gasteiger partial charge in [0.1, 0.15) is 5.82 Å². The SMILES string of the molecule is CN(C)c1cc(NN=Cc2cc3c(c([N+](=O)[O-])c2)OCO3)nc(N(C)C)n1. The number of nitro benzene ring substituents is 1. The number of benzene rings is 1. The molecule has 0 bridgehead atoms. The van der Waals surface area contributed by atoms with Crippen molar-refractivity contribution in [3.8, 4) is 11.5 Å². The largest absolute Gasteiger partial charge is 0.453 e. The maximum absolute atomic E-state index is 11.2. The van der Waals surface area contributed by atoms with Gasteiger partial charge in [0.05, 0.1) is 11.1 Å². The van der Waals surface area contributed by atoms with Crippen LogP contribution in [0.1, 0.15) is 5.56 Å². The monoisotopic (exact) mass is 373 g/mol. The molecule has 2 heterocycles. The highest BCUT2D eigenvalue weighted by atomic mass is 16.7. The Hall–Kier alpha value is -3.63. The molecule has 1 aromatic heterocycles. The van der Waals surface area contributed by atoms with Crippen LogP contribution >= 0.6 is 0 Å². The normalized spacial score (nSPS) is 12.3. The van der Waals surface area contributed by atoms with E-state index in [9.17, 15) is 10.1 Å². The van der Waals surface area contributed by atoms with Gasteiger partial charge in [0, 0.05) is 45.9 Å². The van der Waals surface area contributed by atoms with Crippen molar-refractivity contribution < 1.29 is 14.4 Å². The van der Waals surface area contributed by atoms with Gasteiger partial charge in [-0.05, 0) is 6.07 Å². The van der Waals surface area contributed by atoms with Crippen molar-refractivity contribution in [2.75, 3.05) is 50.2 Å². The second-order valence-electron chi connectivity index (χ2n) is 6.10. The van der Waals surface area contributed by atoms with Crippen molar-refractivity contribution in [1.29, 1.82) is 0 Å². The molecule has 2 aromatic rings. The van der Waals surface area contributed by atoms with Gasteiger partial charge >= 0.3 is 5.69 Å². The highest BCUT2D eigenvalue weighted by Gasteiger charge is 2.26. The van der Waals surface area contributed by atoms with Crippen molar-refractivity contribution in [1.82, 2.24) is 9.97 Å². The first kappa shape index (κ1) is 18.2. The van der Waals surface area contributed by atoms with Gasteiger partial charge in [-0.15, -0.1) is 0 Å². The third-order valence-electron chi connectivity index (χ3n) is 3.62. The van der Waals surface area contributed by atoms with E-state index in [0.29, 0.717) is 28.9 Å². The van der Waals surface area contributed by atoms with Crippen LogP contribution in [0.3, 0.4) is 0 Å². The highest BCUT2D eigenvalue weighted by molar-refractivity contribution is 5.84. The topological polar surface area (TPSA) is 118 Å². The number of nitrogens with zero attached hydrogens (tertiary/aromatic N) is 6. The predicted octanol–water partition coefficient (Wildman–Crippen LogP) is 1.69. The molecule has 0 aliphatic carbocycles. The van der Waals surface area contributed by atoms with E-state index in [1.165, 1.54) is 12.3 Å². The molecule has 11 heteroatoms. The minimum absolute atomic E-state index is 0.0451. The molecule has 1 aliphatic heterocycles. The number of anilines is 3. The van der Waals surface area contributed by atoms with Crippen LogP contribution < -0.4 is 24.7 Å². The van der Waals surface area contributed by atoms with Crippen molar-refractivity contribution in [3.63, 3.8) is 0 Å². The first-order valence-electron chi connectivity index (χ1n) is 7.96. The fourth-order valence-electron chi connectivity index (χ4n) is 2.30. The Balaban J connectivity index is 1.84. The van der Waals surface area contributed by atoms with Gasteiger partial charge in [-0.1, -0.05) is 0 Å². The number of fused-ring (bicyclic) bond motifs is 1. The summed E-state index contributed by atoms with van der Waals surface area (Å²) in [6.45, 7) is -0.0451. The molecule has 0 fully saturated rings. The highest BCUT2D eigenvalue weighted by Crippen LogP contribution is 2.41. The number of rotatable bonds is 6. The molecular formula is C16H19N7O4. The van der Waals surface area contributed by atoms with Crippen LogP contribution in [0, 0.1) is 10.1 Å². The van der Waals surface area contributed by atoms with Crippen LogP contribution in [0.25, 0.3) is 0 Å². The molecule has 27 heavy (non-hydrogen) atoms. The summed E-state index contributed by atoms with van der Waals surface area (Å²) in [5, 5.41) is 15.3. The van der Waals surface area contributed by atoms with Crippen LogP contribution in [-0.4, -0.2) is 56.1 Å². The minimum Gasteiger partial charge on any atom is -0.453 e. The summed E-state index contributed by atoms with van der Waals surface area (Å²) in [5.41, 5.74) is 3.15. The van der Waals surface area contributed by atoms with Crippen LogP contribution in [0.15, 0.2) is 23.3 Å². The number of ether oxygens (including phenoxy) is 2. The second-order valence-corrected chi connectivity index (χ2v) is 6.10. The van der Waals surface area contributed by atoms with Gasteiger partial charge in [-0.3, -0.25) is 15.5 Å². The maximum atomic E-state index is 11.2. The summed E-state index contributed by atoms with van der Waals surface area (Å²) in [6, 6.07) is 4.73. The van der Waals surface area contributed by atoms with Crippen LogP contribution in [0.2, 0.25) is 0 Å². The number of nitro groups is 1. The molecule has 1 aliphatic rings. The van der Waals surface area contributed by atoms with E-state index in [1.807, 2.05) is 33.1 Å². The standard InChI is InChI=1S/C16H19N7O4/c1-21(2)14-7-13(18-16(19-14)22(3)4)20-17-8-10-5-11(23(24)25)15-12(6-10)26-9-27-15/h5-8H,9H2,1-4H3,(H,18,19,20). The van der Waals surface area contributed by atoms with E-state index in [0.717, 1.165) is 0 Å². The molecule has 0 atom stereocenters. The molecule has 0 unspecified atom stereocenters. The average Bonchev–Trinajstić information content (AvgIpc) is 3.09. The first-order valence-corrected chi connectivity index (χ1v) is 7.96. The fourth-order valence-corrected chi connectivity index (χ4v) is 2.30. The summed E-state index contributed by atoms with van der Waals surface area (Å²) in [5.74, 6) is 2.18. The van der Waals surface area contributed by atoms with Crippen molar-refractivity contribution in [3.05, 3.63) is 33.9 Å². The molecular weight excluding hydrogens is 354 g/mol. The van der Waals surface area contributed by atoms with E-state index in [2.05, 4.69) is 20.5 Å². The lowest BCUT2D eigenvalue weighted by Gasteiger charge is -2.16. The lowest BCUT2D eigenvalue weighted by atomic mass is 10.2. The molecule has 0 saturated heterocycles. The number of aromatic nitrogens is 2. The minimum atomic E-state index is -0.518. The third kappa shape index (κ3) is 3.97. The molecule has 3 rings (SSSR count). The number of hydrogen-bond acceptors (Lipinski definition) is 10. The Morgan fingerprint density at radius 1 is 1.19 bits per heavy atom. The van der Waals surface area contributed by atoms with Gasteiger partial charge in [-0.2, -0.15) is 15.1 Å². The summed E-state index contributed by atoms with van der Waals surface area (Å²) in [4.78, 5) is 23.1. The van der Waals surface area contributed by atoms with Gasteiger partial charge < -0.3 is 19.3 Å². The molecule has 0 saturated carbocycles. The molecule has 0 radical (unpaired) electrons. The van der Waals surface area contributed by atoms with E-state index < -0.39 is 4.92 Å². The summed E-state index contributed by atoms with van der Waals surface area (Å²) in [6.07, 6.45) is 1.45. The van der Waals surface area contributed by atoms with Crippen molar-refractivity contribution in [2.24, 2.45) is 5.10 Å². The molecule has 0 spiro atoms. The van der Waals surface area contributed by atoms with Crippen LogP contribution in [-0.2, 0) is 0 Å². The van der Waals surface area contributed by atoms with Crippen molar-refractivity contribution in [2.45, 2.75) is 0 Å². The molecule has 0 amide bonds. The summed E-state index contributed by atoms with van der Waals surface area (Å²) in [7, 11) is 7.43. The Morgan fingerprint density at radius 3 is 2.63 bits per heavy atom. The number of nitrogens with one attached hydrogen (secondary N) is 1. The van der Waals surface area contributed by atoms with Gasteiger partial charge in [0.2, 0.25) is 18.5 Å². The third-order valence-corrected chi connectivity index (χ3v) is 3.62. The Bertz CT molecular complexity index is 872. The first-order chi connectivity index (χ1) is 12.8. The van der Waals surface area contributed by atoms with E-state index in [1.54, 1.807) is 17.0 Å². The Morgan fingerprint density at radius 2 is 1.96 bits per heavy atom. The van der Waals surface area contributed by atoms with Crippen LogP contribution in [0.4, 0.5) is 23.3 Å². The van der Waals surface area contributed by atoms with Gasteiger partial charge in [0.15, 0.2) is 11.6 Å². The Labute approximate surface area is 155 Å². The molecule has 1 aromatic carbocycles. The quantitative estimate of drug-likeness (QED) is 0.458. The van der Waals surface area contributed by atoms with Crippen molar-refractivity contribution >= 4 is 29.5 Å². The Kier molecular flexibility index (Phi) is 4.92. The van der Waals surface area contributed by atoms with Gasteiger partial charge in [0.25, 0.3) is 0 Å². The van der Waals surface area contributed by atoms with Crippen LogP contribution in [0.5, 0.6) is 11.5 Å². The number of hydrogen-bond donors (Lipinski definition) is 1. The zero-order valence-corrected chi connectivity index (χ0v) is 15.3. The zero-order valence-electron chi connectivity index (χ0n) is 15.3. The van der Waals surface area contributed by atoms with Gasteiger partial charge in [-0.25, -0.2) is 0 Å². The number of hydrazone groups is 1. The zero-order chi connectivity index (χ0) is 19.6. The molecule has 142 valence electrons. The average molecular weight is 373 g/mol. The molecule has 1 N–H and O–H groups in total. The maximum Gasteiger partial charge on any atom is 0.315 e. The predicted molar refractivity (Wildman–Crippen MR) is 101 cm³/mol. The van der Waals surface area contributed by atoms with E-state index in [4.69, 9.17) is 9.47 Å². The fraction of sp³-hybridized carbons (Fsp3) is 0.312. The van der Waals surface area contributed by atoms with E-state index in [-0.39, 0.29) is 18.2 Å². The van der Waals surface area contributed by atoms with E-state index >= 15 is 0 Å². The second kappa shape index (κ2) is 7.32. The summed E-state index contributed by atoms with van der Waals surface area (Å²) >= 11 is 0. The summed E-state index contributed by atoms with van der Waals surface area (Å²) < 4.78 is 10.4. The lowest BCUT2D eigenvalue weighted by molar-refractivity contribution is -0.385. The molecule has 11 nitrogen and oxygen atoms in total. The smallest absolute Gasteiger partial charge is 0.315 e.